The topological polar surface area (TPSA) is 87.8 Å². The highest BCUT2D eigenvalue weighted by atomic mass is 16.2. The second-order valence-electron chi connectivity index (χ2n) is 6.37. The Bertz CT molecular complexity index is 873. The van der Waals surface area contributed by atoms with E-state index in [0.717, 1.165) is 19.3 Å². The minimum atomic E-state index is -0.795. The highest BCUT2D eigenvalue weighted by Crippen LogP contribution is 2.27. The number of rotatable bonds is 3. The molecule has 1 amide bonds. The fraction of sp³-hybridized carbons (Fsp3) is 0.444. The van der Waals surface area contributed by atoms with Crippen LogP contribution in [0.3, 0.4) is 0 Å². The first-order valence-electron chi connectivity index (χ1n) is 8.23. The van der Waals surface area contributed by atoms with Crippen molar-refractivity contribution in [1.82, 2.24) is 14.9 Å². The van der Waals surface area contributed by atoms with Crippen LogP contribution < -0.4 is 10.9 Å². The van der Waals surface area contributed by atoms with Crippen LogP contribution in [-0.4, -0.2) is 21.0 Å². The predicted molar refractivity (Wildman–Crippen MR) is 90.3 cm³/mol. The molecule has 0 bridgehead atoms. The van der Waals surface area contributed by atoms with Crippen LogP contribution in [0.5, 0.6) is 0 Å². The highest BCUT2D eigenvalue weighted by molar-refractivity contribution is 5.79. The van der Waals surface area contributed by atoms with Gasteiger partial charge in [-0.25, -0.2) is 4.98 Å². The molecular weight excluding hydrogens is 304 g/mol. The van der Waals surface area contributed by atoms with Crippen molar-refractivity contribution in [2.45, 2.75) is 51.1 Å². The normalized spacial score (nSPS) is 16.5. The number of nitriles is 1. The Morgan fingerprint density at radius 2 is 2.04 bits per heavy atom. The summed E-state index contributed by atoms with van der Waals surface area (Å²) in [6.07, 6.45) is 4.29. The first-order chi connectivity index (χ1) is 11.5. The van der Waals surface area contributed by atoms with Gasteiger partial charge in [0, 0.05) is 0 Å². The van der Waals surface area contributed by atoms with Crippen LogP contribution >= 0.6 is 0 Å². The van der Waals surface area contributed by atoms with Gasteiger partial charge >= 0.3 is 0 Å². The van der Waals surface area contributed by atoms with Crippen LogP contribution in [0.1, 0.15) is 37.9 Å². The molecule has 0 atom stereocenters. The molecule has 1 saturated carbocycles. The number of aryl methyl sites for hydroxylation is 1. The smallest absolute Gasteiger partial charge is 0.261 e. The highest BCUT2D eigenvalue weighted by Gasteiger charge is 2.33. The molecule has 1 heterocycles. The molecule has 0 spiro atoms. The maximum Gasteiger partial charge on any atom is 0.261 e. The molecular formula is C18H20N4O2. The average molecular weight is 324 g/mol. The number of benzene rings is 1. The Morgan fingerprint density at radius 3 is 2.75 bits per heavy atom. The van der Waals surface area contributed by atoms with Crippen LogP contribution in [-0.2, 0) is 11.3 Å². The number of nitrogens with one attached hydrogen (secondary N) is 1. The number of carbonyl (C=O) groups is 1. The lowest BCUT2D eigenvalue weighted by molar-refractivity contribution is -0.123. The van der Waals surface area contributed by atoms with Gasteiger partial charge in [-0.15, -0.1) is 0 Å². The van der Waals surface area contributed by atoms with Gasteiger partial charge in [-0.05, 0) is 31.9 Å². The molecule has 2 aromatic rings. The first kappa shape index (κ1) is 16.2. The van der Waals surface area contributed by atoms with Crippen molar-refractivity contribution in [3.63, 3.8) is 0 Å². The number of hydrogen-bond donors (Lipinski definition) is 1. The summed E-state index contributed by atoms with van der Waals surface area (Å²) in [5.41, 5.74) is -0.405. The van der Waals surface area contributed by atoms with Gasteiger partial charge in [-0.2, -0.15) is 5.26 Å². The molecule has 3 rings (SSSR count). The molecule has 0 aliphatic heterocycles. The van der Waals surface area contributed by atoms with Crippen LogP contribution in [0.15, 0.2) is 29.1 Å². The number of aromatic nitrogens is 2. The van der Waals surface area contributed by atoms with Crippen LogP contribution in [0, 0.1) is 18.3 Å². The zero-order chi connectivity index (χ0) is 17.2. The maximum atomic E-state index is 12.6. The third-order valence-electron chi connectivity index (χ3n) is 4.65. The van der Waals surface area contributed by atoms with E-state index in [4.69, 9.17) is 0 Å². The van der Waals surface area contributed by atoms with Crippen LogP contribution in [0.25, 0.3) is 10.9 Å². The van der Waals surface area contributed by atoms with Crippen LogP contribution in [0.4, 0.5) is 0 Å². The van der Waals surface area contributed by atoms with Gasteiger partial charge in [-0.3, -0.25) is 14.2 Å². The van der Waals surface area contributed by atoms with Crippen molar-refractivity contribution in [3.05, 3.63) is 40.4 Å². The Morgan fingerprint density at radius 1 is 1.33 bits per heavy atom. The standard InChI is InChI=1S/C18H20N4O2/c1-13-20-15-8-4-3-7-14(15)17(24)22(13)11-16(23)21-18(12-19)9-5-2-6-10-18/h3-4,7-8H,2,5-6,9-11H2,1H3,(H,21,23). The van der Waals surface area contributed by atoms with Crippen molar-refractivity contribution >= 4 is 16.8 Å². The van der Waals surface area contributed by atoms with E-state index in [0.29, 0.717) is 29.6 Å². The summed E-state index contributed by atoms with van der Waals surface area (Å²) in [7, 11) is 0. The second kappa shape index (κ2) is 6.44. The number of fused-ring (bicyclic) bond motifs is 1. The van der Waals surface area contributed by atoms with Crippen LogP contribution in [0.2, 0.25) is 0 Å². The van der Waals surface area contributed by atoms with E-state index in [1.165, 1.54) is 4.57 Å². The summed E-state index contributed by atoms with van der Waals surface area (Å²) in [6, 6.07) is 9.34. The molecule has 6 nitrogen and oxygen atoms in total. The monoisotopic (exact) mass is 324 g/mol. The summed E-state index contributed by atoms with van der Waals surface area (Å²) >= 11 is 0. The molecule has 1 aromatic heterocycles. The molecule has 6 heteroatoms. The van der Waals surface area contributed by atoms with E-state index < -0.39 is 5.54 Å². The molecule has 1 aliphatic carbocycles. The quantitative estimate of drug-likeness (QED) is 0.936. The van der Waals surface area contributed by atoms with E-state index in [1.807, 2.05) is 6.07 Å². The summed E-state index contributed by atoms with van der Waals surface area (Å²) < 4.78 is 1.37. The largest absolute Gasteiger partial charge is 0.336 e. The van der Waals surface area contributed by atoms with E-state index in [-0.39, 0.29) is 18.0 Å². The zero-order valence-corrected chi connectivity index (χ0v) is 13.7. The SMILES string of the molecule is Cc1nc2ccccc2c(=O)n1CC(=O)NC1(C#N)CCCCC1. The number of nitrogens with zero attached hydrogens (tertiary/aromatic N) is 3. The Balaban J connectivity index is 1.86. The molecule has 1 aromatic carbocycles. The van der Waals surface area contributed by atoms with Gasteiger partial charge in [0.15, 0.2) is 0 Å². The fourth-order valence-corrected chi connectivity index (χ4v) is 3.34. The number of para-hydroxylation sites is 1. The van der Waals surface area contributed by atoms with E-state index in [1.54, 1.807) is 25.1 Å². The Hall–Kier alpha value is -2.68. The van der Waals surface area contributed by atoms with Gasteiger partial charge in [0.1, 0.15) is 17.9 Å². The van der Waals surface area contributed by atoms with Gasteiger partial charge in [-0.1, -0.05) is 31.4 Å². The minimum absolute atomic E-state index is 0.119. The van der Waals surface area contributed by atoms with E-state index in [2.05, 4.69) is 16.4 Å². The Kier molecular flexibility index (Phi) is 4.34. The summed E-state index contributed by atoms with van der Waals surface area (Å²) in [4.78, 5) is 29.4. The van der Waals surface area contributed by atoms with E-state index in [9.17, 15) is 14.9 Å². The van der Waals surface area contributed by atoms with Crippen molar-refractivity contribution in [2.75, 3.05) is 0 Å². The second-order valence-corrected chi connectivity index (χ2v) is 6.37. The molecule has 0 saturated heterocycles. The minimum Gasteiger partial charge on any atom is -0.336 e. The Labute approximate surface area is 140 Å². The van der Waals surface area contributed by atoms with Crippen molar-refractivity contribution in [3.8, 4) is 6.07 Å². The third kappa shape index (κ3) is 3.02. The lowest BCUT2D eigenvalue weighted by Gasteiger charge is -2.31. The van der Waals surface area contributed by atoms with Gasteiger partial charge in [0.05, 0.1) is 17.0 Å². The van der Waals surface area contributed by atoms with Crippen molar-refractivity contribution in [2.24, 2.45) is 0 Å². The zero-order valence-electron chi connectivity index (χ0n) is 13.7. The van der Waals surface area contributed by atoms with Gasteiger partial charge < -0.3 is 5.32 Å². The predicted octanol–water partition coefficient (Wildman–Crippen LogP) is 2.05. The van der Waals surface area contributed by atoms with Crippen molar-refractivity contribution < 1.29 is 4.79 Å². The third-order valence-corrected chi connectivity index (χ3v) is 4.65. The van der Waals surface area contributed by atoms with Gasteiger partial charge in [0.2, 0.25) is 5.91 Å². The summed E-state index contributed by atoms with van der Waals surface area (Å²) in [5.74, 6) is 0.171. The fourth-order valence-electron chi connectivity index (χ4n) is 3.34. The molecule has 0 unspecified atom stereocenters. The number of amides is 1. The molecule has 24 heavy (non-hydrogen) atoms. The number of carbonyl (C=O) groups excluding carboxylic acids is 1. The molecule has 1 aliphatic rings. The molecule has 0 radical (unpaired) electrons. The van der Waals surface area contributed by atoms with Gasteiger partial charge in [0.25, 0.3) is 5.56 Å². The molecule has 124 valence electrons. The molecule has 1 fully saturated rings. The summed E-state index contributed by atoms with van der Waals surface area (Å²) in [5, 5.41) is 12.8. The first-order valence-corrected chi connectivity index (χ1v) is 8.23. The lowest BCUT2D eigenvalue weighted by atomic mass is 9.83. The van der Waals surface area contributed by atoms with E-state index >= 15 is 0 Å². The van der Waals surface area contributed by atoms with Crippen molar-refractivity contribution in [1.29, 1.82) is 5.26 Å². The lowest BCUT2D eigenvalue weighted by Crippen LogP contribution is -2.50. The summed E-state index contributed by atoms with van der Waals surface area (Å²) in [6.45, 7) is 1.59. The average Bonchev–Trinajstić information content (AvgIpc) is 2.59. The maximum absolute atomic E-state index is 12.6. The molecule has 1 N–H and O–H groups in total. The number of hydrogen-bond acceptors (Lipinski definition) is 4.